The Hall–Kier alpha value is -3.80. The number of rotatable bonds is 12. The second-order valence-electron chi connectivity index (χ2n) is 12.1. The fourth-order valence-electron chi connectivity index (χ4n) is 5.74. The molecular formula is C33H39N7O3S. The average Bonchev–Trinajstić information content (AvgIpc) is 3.68. The Morgan fingerprint density at radius 2 is 1.82 bits per heavy atom. The van der Waals surface area contributed by atoms with Crippen molar-refractivity contribution in [3.05, 3.63) is 66.5 Å². The maximum absolute atomic E-state index is 13.0. The number of carbonyl (C=O) groups is 2. The molecule has 0 bridgehead atoms. The van der Waals surface area contributed by atoms with Gasteiger partial charge in [-0.2, -0.15) is 0 Å². The predicted octanol–water partition coefficient (Wildman–Crippen LogP) is 5.37. The topological polar surface area (TPSA) is 131 Å². The lowest BCUT2D eigenvalue weighted by Gasteiger charge is -2.38. The minimum Gasteiger partial charge on any atom is -0.370 e. The summed E-state index contributed by atoms with van der Waals surface area (Å²) in [4.78, 5) is 43.2. The van der Waals surface area contributed by atoms with E-state index in [1.54, 1.807) is 24.4 Å². The van der Waals surface area contributed by atoms with E-state index in [9.17, 15) is 9.59 Å². The largest absolute Gasteiger partial charge is 0.370 e. The van der Waals surface area contributed by atoms with Crippen LogP contribution in [0.15, 0.2) is 55.0 Å². The highest BCUT2D eigenvalue weighted by atomic mass is 32.1. The first kappa shape index (κ1) is 30.2. The van der Waals surface area contributed by atoms with Crippen LogP contribution in [-0.2, 0) is 16.1 Å². The van der Waals surface area contributed by atoms with Gasteiger partial charge in [-0.05, 0) is 61.4 Å². The van der Waals surface area contributed by atoms with Gasteiger partial charge < -0.3 is 20.7 Å². The molecule has 230 valence electrons. The van der Waals surface area contributed by atoms with Crippen LogP contribution in [0.1, 0.15) is 68.7 Å². The Morgan fingerprint density at radius 1 is 1.02 bits per heavy atom. The fourth-order valence-corrected chi connectivity index (χ4v) is 6.65. The summed E-state index contributed by atoms with van der Waals surface area (Å²) in [7, 11) is 0. The van der Waals surface area contributed by atoms with Crippen molar-refractivity contribution in [2.45, 2.75) is 77.2 Å². The molecule has 3 N–H and O–H groups in total. The van der Waals surface area contributed by atoms with Gasteiger partial charge >= 0.3 is 0 Å². The summed E-state index contributed by atoms with van der Waals surface area (Å²) < 4.78 is 6.93. The Morgan fingerprint density at radius 3 is 2.55 bits per heavy atom. The molecule has 3 heterocycles. The molecule has 0 spiro atoms. The summed E-state index contributed by atoms with van der Waals surface area (Å²) in [6, 6.07) is 11.7. The molecule has 10 nitrogen and oxygen atoms in total. The Balaban J connectivity index is 0.981. The van der Waals surface area contributed by atoms with Gasteiger partial charge in [0.05, 0.1) is 16.3 Å². The zero-order valence-electron chi connectivity index (χ0n) is 25.2. The van der Waals surface area contributed by atoms with Crippen LogP contribution >= 0.6 is 11.3 Å². The number of anilines is 1. The van der Waals surface area contributed by atoms with E-state index in [1.165, 1.54) is 24.2 Å². The summed E-state index contributed by atoms with van der Waals surface area (Å²) in [5.74, 6) is 0.762. The SMILES string of the molecule is CC(C)[C@@H](CNC(=O)c1ccccn1)NC1CC(C(=O)Nc2nc3ccc(-c4cnc(COC5CCCC5)nc4)cc3s2)C1. The fraction of sp³-hybridized carbons (Fsp3) is 0.455. The van der Waals surface area contributed by atoms with Crippen LogP contribution in [-0.4, -0.2) is 56.5 Å². The molecule has 3 aromatic heterocycles. The molecule has 1 aromatic carbocycles. The highest BCUT2D eigenvalue weighted by molar-refractivity contribution is 7.22. The molecule has 6 rings (SSSR count). The molecule has 0 aliphatic heterocycles. The molecule has 44 heavy (non-hydrogen) atoms. The number of hydrogen-bond donors (Lipinski definition) is 3. The van der Waals surface area contributed by atoms with Crippen LogP contribution in [0, 0.1) is 11.8 Å². The highest BCUT2D eigenvalue weighted by Crippen LogP contribution is 2.33. The molecule has 4 aromatic rings. The number of nitrogens with zero attached hydrogens (tertiary/aromatic N) is 4. The van der Waals surface area contributed by atoms with E-state index in [4.69, 9.17) is 4.74 Å². The second kappa shape index (κ2) is 13.9. The van der Waals surface area contributed by atoms with E-state index in [2.05, 4.69) is 55.8 Å². The van der Waals surface area contributed by atoms with Crippen molar-refractivity contribution in [1.29, 1.82) is 0 Å². The smallest absolute Gasteiger partial charge is 0.269 e. The zero-order chi connectivity index (χ0) is 30.5. The van der Waals surface area contributed by atoms with Gasteiger partial charge in [-0.25, -0.2) is 15.0 Å². The minimum absolute atomic E-state index is 0.00399. The van der Waals surface area contributed by atoms with E-state index >= 15 is 0 Å². The number of pyridine rings is 1. The lowest BCUT2D eigenvalue weighted by Crippen LogP contribution is -2.54. The molecule has 0 radical (unpaired) electrons. The van der Waals surface area contributed by atoms with Gasteiger partial charge in [-0.15, -0.1) is 0 Å². The first-order chi connectivity index (χ1) is 21.4. The lowest BCUT2D eigenvalue weighted by molar-refractivity contribution is -0.123. The normalized spacial score (nSPS) is 19.2. The number of aromatic nitrogens is 4. The van der Waals surface area contributed by atoms with E-state index in [1.807, 2.05) is 24.5 Å². The molecule has 1 atom stereocenters. The number of fused-ring (bicyclic) bond motifs is 1. The zero-order valence-corrected chi connectivity index (χ0v) is 26.0. The van der Waals surface area contributed by atoms with Gasteiger partial charge in [0.25, 0.3) is 5.91 Å². The van der Waals surface area contributed by atoms with Gasteiger partial charge in [0.1, 0.15) is 12.3 Å². The van der Waals surface area contributed by atoms with E-state index in [-0.39, 0.29) is 29.8 Å². The number of benzene rings is 1. The minimum atomic E-state index is -0.182. The molecule has 0 saturated heterocycles. The summed E-state index contributed by atoms with van der Waals surface area (Å²) >= 11 is 1.47. The summed E-state index contributed by atoms with van der Waals surface area (Å²) in [5, 5.41) is 10.2. The van der Waals surface area contributed by atoms with Crippen molar-refractivity contribution in [1.82, 2.24) is 30.6 Å². The predicted molar refractivity (Wildman–Crippen MR) is 171 cm³/mol. The van der Waals surface area contributed by atoms with Gasteiger partial charge in [-0.3, -0.25) is 14.6 Å². The standard InChI is InChI=1S/C33H39N7O3S/c1-20(2)28(18-37-32(42)27-9-5-6-12-34-27)38-24-13-22(14-24)31(41)40-33-39-26-11-10-21(15-29(26)44-33)23-16-35-30(36-17-23)19-43-25-7-3-4-8-25/h5-6,9-12,15-17,20,22,24-25,28,38H,3-4,7-8,13-14,18-19H2,1-2H3,(H,37,42)(H,39,40,41)/t22?,24?,28-/m1/s1. The van der Waals surface area contributed by atoms with Crippen LogP contribution < -0.4 is 16.0 Å². The number of carbonyl (C=O) groups excluding carboxylic acids is 2. The van der Waals surface area contributed by atoms with Crippen LogP contribution in [0.3, 0.4) is 0 Å². The highest BCUT2D eigenvalue weighted by Gasteiger charge is 2.36. The van der Waals surface area contributed by atoms with Crippen LogP contribution in [0.2, 0.25) is 0 Å². The first-order valence-electron chi connectivity index (χ1n) is 15.5. The van der Waals surface area contributed by atoms with Crippen LogP contribution in [0.5, 0.6) is 0 Å². The first-order valence-corrected chi connectivity index (χ1v) is 16.3. The second-order valence-corrected chi connectivity index (χ2v) is 13.1. The lowest BCUT2D eigenvalue weighted by atomic mass is 9.79. The van der Waals surface area contributed by atoms with Crippen molar-refractivity contribution < 1.29 is 14.3 Å². The van der Waals surface area contributed by atoms with Crippen molar-refractivity contribution in [2.75, 3.05) is 11.9 Å². The summed E-state index contributed by atoms with van der Waals surface area (Å²) in [5.41, 5.74) is 3.19. The Kier molecular flexibility index (Phi) is 9.54. The third-order valence-corrected chi connectivity index (χ3v) is 9.48. The summed E-state index contributed by atoms with van der Waals surface area (Å²) in [6.45, 7) is 5.20. The molecular weight excluding hydrogens is 574 g/mol. The average molecular weight is 614 g/mol. The third-order valence-electron chi connectivity index (χ3n) is 8.55. The molecule has 0 unspecified atom stereocenters. The maximum atomic E-state index is 13.0. The van der Waals surface area contributed by atoms with Gasteiger partial charge in [0, 0.05) is 48.7 Å². The van der Waals surface area contributed by atoms with Crippen molar-refractivity contribution in [3.63, 3.8) is 0 Å². The van der Waals surface area contributed by atoms with Gasteiger partial charge in [0.2, 0.25) is 5.91 Å². The molecule has 2 saturated carbocycles. The van der Waals surface area contributed by atoms with E-state index < -0.39 is 0 Å². The van der Waals surface area contributed by atoms with Crippen LogP contribution in [0.25, 0.3) is 21.3 Å². The maximum Gasteiger partial charge on any atom is 0.269 e. The third kappa shape index (κ3) is 7.46. The van der Waals surface area contributed by atoms with E-state index in [0.29, 0.717) is 41.8 Å². The number of thiazole rings is 1. The number of nitrogens with one attached hydrogen (secondary N) is 3. The Labute approximate surface area is 261 Å². The molecule has 2 amide bonds. The van der Waals surface area contributed by atoms with Gasteiger partial charge in [0.15, 0.2) is 11.0 Å². The summed E-state index contributed by atoms with van der Waals surface area (Å²) in [6.07, 6.45) is 11.9. The van der Waals surface area contributed by atoms with Crippen molar-refractivity contribution in [2.24, 2.45) is 11.8 Å². The van der Waals surface area contributed by atoms with E-state index in [0.717, 1.165) is 47.0 Å². The monoisotopic (exact) mass is 613 g/mol. The quantitative estimate of drug-likeness (QED) is 0.194. The molecule has 2 aliphatic rings. The number of amides is 2. The Bertz CT molecular complexity index is 1570. The number of hydrogen-bond acceptors (Lipinski definition) is 9. The molecule has 2 aliphatic carbocycles. The molecule has 11 heteroatoms. The van der Waals surface area contributed by atoms with Gasteiger partial charge in [-0.1, -0.05) is 50.2 Å². The van der Waals surface area contributed by atoms with Crippen LogP contribution in [0.4, 0.5) is 5.13 Å². The molecule has 2 fully saturated rings. The van der Waals surface area contributed by atoms with Crippen molar-refractivity contribution in [3.8, 4) is 11.1 Å². The van der Waals surface area contributed by atoms with Crippen molar-refractivity contribution >= 4 is 38.5 Å². The number of ether oxygens (including phenoxy) is 1.